The van der Waals surface area contributed by atoms with E-state index in [-0.39, 0.29) is 6.04 Å². The molecule has 4 nitrogen and oxygen atoms in total. The summed E-state index contributed by atoms with van der Waals surface area (Å²) in [6, 6.07) is 2.54. The van der Waals surface area contributed by atoms with Crippen molar-refractivity contribution in [3.8, 4) is 0 Å². The van der Waals surface area contributed by atoms with Gasteiger partial charge in [0.25, 0.3) is 0 Å². The highest BCUT2D eigenvalue weighted by Gasteiger charge is 2.27. The van der Waals surface area contributed by atoms with Crippen molar-refractivity contribution in [3.05, 3.63) is 39.3 Å². The zero-order chi connectivity index (χ0) is 14.1. The maximum atomic E-state index is 6.09. The Hall–Kier alpha value is -1.17. The molecule has 0 saturated carbocycles. The van der Waals surface area contributed by atoms with E-state index in [1.165, 1.54) is 16.8 Å². The minimum Gasteiger partial charge on any atom is -0.329 e. The topological polar surface area (TPSA) is 47.1 Å². The van der Waals surface area contributed by atoms with Gasteiger partial charge >= 0.3 is 0 Å². The van der Waals surface area contributed by atoms with Crippen molar-refractivity contribution in [2.75, 3.05) is 13.1 Å². The molecule has 0 amide bonds. The van der Waals surface area contributed by atoms with Crippen LogP contribution in [0.2, 0.25) is 0 Å². The highest BCUT2D eigenvalue weighted by atomic mass is 32.1. The summed E-state index contributed by atoms with van der Waals surface area (Å²) in [6.45, 7) is 4.91. The summed E-state index contributed by atoms with van der Waals surface area (Å²) in [5.41, 5.74) is 10.0. The predicted molar refractivity (Wildman–Crippen MR) is 82.8 cm³/mol. The Kier molecular flexibility index (Phi) is 3.92. The van der Waals surface area contributed by atoms with Gasteiger partial charge < -0.3 is 5.73 Å². The van der Waals surface area contributed by atoms with Gasteiger partial charge in [-0.1, -0.05) is 6.92 Å². The summed E-state index contributed by atoms with van der Waals surface area (Å²) in [6.07, 6.45) is 4.24. The second kappa shape index (κ2) is 5.68. The van der Waals surface area contributed by atoms with Crippen molar-refractivity contribution < 1.29 is 0 Å². The number of hydrogen-bond donors (Lipinski definition) is 1. The molecule has 1 unspecified atom stereocenters. The molecule has 20 heavy (non-hydrogen) atoms. The van der Waals surface area contributed by atoms with E-state index in [1.54, 1.807) is 4.88 Å². The van der Waals surface area contributed by atoms with Crippen LogP contribution < -0.4 is 5.73 Å². The molecule has 0 saturated heterocycles. The van der Waals surface area contributed by atoms with Crippen LogP contribution >= 0.6 is 11.3 Å². The van der Waals surface area contributed by atoms with E-state index >= 15 is 0 Å². The van der Waals surface area contributed by atoms with E-state index in [2.05, 4.69) is 34.6 Å². The smallest absolute Gasteiger partial charge is 0.0670 e. The molecule has 108 valence electrons. The van der Waals surface area contributed by atoms with Gasteiger partial charge in [-0.25, -0.2) is 0 Å². The second-order valence-electron chi connectivity index (χ2n) is 5.40. The number of hydrogen-bond acceptors (Lipinski definition) is 4. The average Bonchev–Trinajstić information content (AvgIpc) is 3.05. The molecule has 2 aromatic rings. The summed E-state index contributed by atoms with van der Waals surface area (Å²) in [7, 11) is 1.99. The quantitative estimate of drug-likeness (QED) is 0.938. The van der Waals surface area contributed by atoms with Crippen LogP contribution in [0.15, 0.2) is 17.6 Å². The Morgan fingerprint density at radius 1 is 1.50 bits per heavy atom. The predicted octanol–water partition coefficient (Wildman–Crippen LogP) is 2.10. The number of nitrogens with zero attached hydrogens (tertiary/aromatic N) is 3. The maximum absolute atomic E-state index is 6.09. The molecule has 0 aromatic carbocycles. The third kappa shape index (κ3) is 2.41. The van der Waals surface area contributed by atoms with Gasteiger partial charge in [0.05, 0.1) is 11.7 Å². The van der Waals surface area contributed by atoms with Crippen LogP contribution in [-0.2, 0) is 26.4 Å². The van der Waals surface area contributed by atoms with Crippen LogP contribution in [-0.4, -0.2) is 27.8 Å². The van der Waals surface area contributed by atoms with Gasteiger partial charge in [0.2, 0.25) is 0 Å². The lowest BCUT2D eigenvalue weighted by molar-refractivity contribution is 0.184. The molecule has 0 spiro atoms. The normalized spacial score (nSPS) is 17.1. The maximum Gasteiger partial charge on any atom is 0.0670 e. The minimum absolute atomic E-state index is 0.284. The molecule has 1 atom stereocenters. The Bertz CT molecular complexity index is 586. The van der Waals surface area contributed by atoms with E-state index in [0.717, 1.165) is 25.9 Å². The summed E-state index contributed by atoms with van der Waals surface area (Å²) >= 11 is 1.88. The molecule has 2 N–H and O–H groups in total. The van der Waals surface area contributed by atoms with Gasteiger partial charge in [0.15, 0.2) is 0 Å². The largest absolute Gasteiger partial charge is 0.329 e. The first-order chi connectivity index (χ1) is 9.72. The first-order valence-corrected chi connectivity index (χ1v) is 8.12. The van der Waals surface area contributed by atoms with Gasteiger partial charge in [0, 0.05) is 43.3 Å². The van der Waals surface area contributed by atoms with E-state index in [1.807, 2.05) is 23.1 Å². The molecule has 3 rings (SSSR count). The number of rotatable bonds is 4. The average molecular weight is 290 g/mol. The van der Waals surface area contributed by atoms with Crippen LogP contribution in [0.5, 0.6) is 0 Å². The summed E-state index contributed by atoms with van der Waals surface area (Å²) in [5, 5.41) is 6.77. The summed E-state index contributed by atoms with van der Waals surface area (Å²) in [5.74, 6) is 0. The third-order valence-electron chi connectivity index (χ3n) is 4.13. The van der Waals surface area contributed by atoms with Gasteiger partial charge in [0.1, 0.15) is 0 Å². The Balaban J connectivity index is 1.87. The molecule has 3 heterocycles. The Labute approximate surface area is 124 Å². The number of thiophene rings is 1. The highest BCUT2D eigenvalue weighted by Crippen LogP contribution is 2.31. The molecule has 1 aliphatic heterocycles. The summed E-state index contributed by atoms with van der Waals surface area (Å²) in [4.78, 5) is 4.05. The van der Waals surface area contributed by atoms with Crippen LogP contribution in [0, 0.1) is 0 Å². The lowest BCUT2D eigenvalue weighted by Gasteiger charge is -2.34. The van der Waals surface area contributed by atoms with Gasteiger partial charge in [-0.2, -0.15) is 5.10 Å². The first kappa shape index (κ1) is 13.8. The number of aryl methyl sites for hydroxylation is 2. The van der Waals surface area contributed by atoms with Crippen LogP contribution in [0.4, 0.5) is 0 Å². The highest BCUT2D eigenvalue weighted by molar-refractivity contribution is 7.10. The zero-order valence-corrected chi connectivity index (χ0v) is 13.0. The monoisotopic (exact) mass is 290 g/mol. The van der Waals surface area contributed by atoms with E-state index in [0.29, 0.717) is 6.54 Å². The first-order valence-electron chi connectivity index (χ1n) is 7.24. The van der Waals surface area contributed by atoms with E-state index < -0.39 is 0 Å². The molecular formula is C15H22N4S. The van der Waals surface area contributed by atoms with E-state index in [9.17, 15) is 0 Å². The van der Waals surface area contributed by atoms with Crippen LogP contribution in [0.3, 0.4) is 0 Å². The lowest BCUT2D eigenvalue weighted by atomic mass is 10.0. The van der Waals surface area contributed by atoms with Gasteiger partial charge in [-0.05, 0) is 29.9 Å². The van der Waals surface area contributed by atoms with Gasteiger partial charge in [-0.3, -0.25) is 9.58 Å². The molecule has 1 aliphatic rings. The van der Waals surface area contributed by atoms with Crippen molar-refractivity contribution in [2.24, 2.45) is 12.8 Å². The SMILES string of the molecule is CCc1nn(C)cc1C(CN)N1CCc2sccc2C1. The van der Waals surface area contributed by atoms with Crippen molar-refractivity contribution in [1.82, 2.24) is 14.7 Å². The fourth-order valence-corrected chi connectivity index (χ4v) is 4.00. The molecule has 0 radical (unpaired) electrons. The molecule has 0 bridgehead atoms. The second-order valence-corrected chi connectivity index (χ2v) is 6.40. The summed E-state index contributed by atoms with van der Waals surface area (Å²) < 4.78 is 1.91. The fourth-order valence-electron chi connectivity index (χ4n) is 3.12. The molecular weight excluding hydrogens is 268 g/mol. The Morgan fingerprint density at radius 3 is 3.10 bits per heavy atom. The molecule has 2 aromatic heterocycles. The number of nitrogens with two attached hydrogens (primary N) is 1. The third-order valence-corrected chi connectivity index (χ3v) is 5.16. The Morgan fingerprint density at radius 2 is 2.35 bits per heavy atom. The van der Waals surface area contributed by atoms with Crippen molar-refractivity contribution in [3.63, 3.8) is 0 Å². The molecule has 5 heteroatoms. The van der Waals surface area contributed by atoms with Crippen LogP contribution in [0.25, 0.3) is 0 Å². The van der Waals surface area contributed by atoms with Gasteiger partial charge in [-0.15, -0.1) is 11.3 Å². The van der Waals surface area contributed by atoms with E-state index in [4.69, 9.17) is 5.73 Å². The molecule has 0 fully saturated rings. The van der Waals surface area contributed by atoms with Crippen molar-refractivity contribution in [2.45, 2.75) is 32.4 Å². The van der Waals surface area contributed by atoms with Crippen molar-refractivity contribution >= 4 is 11.3 Å². The van der Waals surface area contributed by atoms with Crippen molar-refractivity contribution in [1.29, 1.82) is 0 Å². The molecule has 0 aliphatic carbocycles. The fraction of sp³-hybridized carbons (Fsp3) is 0.533. The number of aromatic nitrogens is 2. The minimum atomic E-state index is 0.284. The lowest BCUT2D eigenvalue weighted by Crippen LogP contribution is -2.37. The van der Waals surface area contributed by atoms with Crippen LogP contribution in [0.1, 0.15) is 34.7 Å². The number of fused-ring (bicyclic) bond motifs is 1. The standard InChI is InChI=1S/C15H22N4S/c1-3-13-12(10-18(2)17-13)14(8-16)19-6-4-15-11(9-19)5-7-20-15/h5,7,10,14H,3-4,6,8-9,16H2,1-2H3. The zero-order valence-electron chi connectivity index (χ0n) is 12.2.